The van der Waals surface area contributed by atoms with Gasteiger partial charge in [0.15, 0.2) is 5.11 Å². The molecule has 0 spiro atoms. The Morgan fingerprint density at radius 2 is 1.83 bits per heavy atom. The summed E-state index contributed by atoms with van der Waals surface area (Å²) < 4.78 is 0. The first kappa shape index (κ1) is 16.6. The van der Waals surface area contributed by atoms with Crippen LogP contribution >= 0.6 is 12.2 Å². The molecule has 0 heterocycles. The van der Waals surface area contributed by atoms with Crippen LogP contribution in [0.2, 0.25) is 0 Å². The highest BCUT2D eigenvalue weighted by atomic mass is 32.1. The van der Waals surface area contributed by atoms with Gasteiger partial charge in [-0.05, 0) is 49.8 Å². The molecule has 2 aromatic rings. The Morgan fingerprint density at radius 3 is 2.48 bits per heavy atom. The van der Waals surface area contributed by atoms with Crippen molar-refractivity contribution in [1.82, 2.24) is 5.32 Å². The molecular formula is C16H15N3O3S. The lowest BCUT2D eigenvalue weighted by molar-refractivity contribution is -0.383. The maximum Gasteiger partial charge on any atom is 0.292 e. The van der Waals surface area contributed by atoms with E-state index in [0.29, 0.717) is 5.56 Å². The van der Waals surface area contributed by atoms with Crippen molar-refractivity contribution in [3.8, 4) is 0 Å². The standard InChI is InChI=1S/C16H15N3O3S/c1-10-4-3-5-12(8-10)15(20)18-16(23)17-13-7-6-11(2)9-14(13)19(21)22/h3-9H,1-2H3,(H2,17,18,20,23). The summed E-state index contributed by atoms with van der Waals surface area (Å²) >= 11 is 5.06. The van der Waals surface area contributed by atoms with Crippen molar-refractivity contribution in [3.63, 3.8) is 0 Å². The van der Waals surface area contributed by atoms with Crippen LogP contribution in [0.15, 0.2) is 42.5 Å². The second kappa shape index (κ2) is 6.97. The van der Waals surface area contributed by atoms with Crippen LogP contribution in [-0.4, -0.2) is 15.9 Å². The third-order valence-corrected chi connectivity index (χ3v) is 3.31. The van der Waals surface area contributed by atoms with Gasteiger partial charge in [-0.25, -0.2) is 0 Å². The van der Waals surface area contributed by atoms with E-state index in [1.807, 2.05) is 13.0 Å². The minimum Gasteiger partial charge on any atom is -0.327 e. The lowest BCUT2D eigenvalue weighted by Crippen LogP contribution is -2.34. The second-order valence-electron chi connectivity index (χ2n) is 5.06. The number of benzene rings is 2. The van der Waals surface area contributed by atoms with Crippen LogP contribution in [-0.2, 0) is 0 Å². The fourth-order valence-electron chi connectivity index (χ4n) is 2.01. The Balaban J connectivity index is 2.11. The number of carbonyl (C=O) groups is 1. The van der Waals surface area contributed by atoms with Crippen molar-refractivity contribution in [3.05, 3.63) is 69.3 Å². The first-order valence-corrected chi connectivity index (χ1v) is 7.21. The Labute approximate surface area is 138 Å². The van der Waals surface area contributed by atoms with Gasteiger partial charge in [0.2, 0.25) is 0 Å². The highest BCUT2D eigenvalue weighted by molar-refractivity contribution is 7.80. The molecule has 118 valence electrons. The van der Waals surface area contributed by atoms with Gasteiger partial charge in [-0.1, -0.05) is 23.8 Å². The molecule has 2 N–H and O–H groups in total. The number of thiocarbonyl (C=S) groups is 1. The van der Waals surface area contributed by atoms with E-state index in [2.05, 4.69) is 10.6 Å². The summed E-state index contributed by atoms with van der Waals surface area (Å²) in [5, 5.41) is 16.3. The van der Waals surface area contributed by atoms with E-state index in [9.17, 15) is 14.9 Å². The van der Waals surface area contributed by atoms with Gasteiger partial charge in [-0.3, -0.25) is 20.2 Å². The van der Waals surface area contributed by atoms with Gasteiger partial charge in [0, 0.05) is 11.6 Å². The van der Waals surface area contributed by atoms with Crippen molar-refractivity contribution in [2.24, 2.45) is 0 Å². The molecule has 0 aromatic heterocycles. The molecule has 0 aliphatic carbocycles. The van der Waals surface area contributed by atoms with Gasteiger partial charge in [0.25, 0.3) is 11.6 Å². The van der Waals surface area contributed by atoms with E-state index in [1.54, 1.807) is 37.3 Å². The van der Waals surface area contributed by atoms with Gasteiger partial charge in [-0.15, -0.1) is 0 Å². The van der Waals surface area contributed by atoms with Crippen molar-refractivity contribution < 1.29 is 9.72 Å². The average Bonchev–Trinajstić information content (AvgIpc) is 2.48. The molecule has 2 rings (SSSR count). The second-order valence-corrected chi connectivity index (χ2v) is 5.46. The number of nitrogens with zero attached hydrogens (tertiary/aromatic N) is 1. The first-order valence-electron chi connectivity index (χ1n) is 6.81. The molecule has 0 fully saturated rings. The van der Waals surface area contributed by atoms with Crippen LogP contribution in [0, 0.1) is 24.0 Å². The average molecular weight is 329 g/mol. The summed E-state index contributed by atoms with van der Waals surface area (Å²) in [4.78, 5) is 22.7. The Hall–Kier alpha value is -2.80. The van der Waals surface area contributed by atoms with Crippen LogP contribution in [0.3, 0.4) is 0 Å². The Bertz CT molecular complexity index is 790. The third-order valence-electron chi connectivity index (χ3n) is 3.11. The van der Waals surface area contributed by atoms with E-state index >= 15 is 0 Å². The summed E-state index contributed by atoms with van der Waals surface area (Å²) in [6.07, 6.45) is 0. The number of anilines is 1. The molecule has 0 atom stereocenters. The number of nitrogens with one attached hydrogen (secondary N) is 2. The molecule has 6 nitrogen and oxygen atoms in total. The zero-order valence-electron chi connectivity index (χ0n) is 12.6. The van der Waals surface area contributed by atoms with Crippen LogP contribution in [0.4, 0.5) is 11.4 Å². The molecule has 0 aliphatic heterocycles. The first-order chi connectivity index (χ1) is 10.9. The van der Waals surface area contributed by atoms with Crippen molar-refractivity contribution in [2.45, 2.75) is 13.8 Å². The topological polar surface area (TPSA) is 84.3 Å². The molecule has 0 bridgehead atoms. The van der Waals surface area contributed by atoms with Gasteiger partial charge >= 0.3 is 0 Å². The smallest absolute Gasteiger partial charge is 0.292 e. The van der Waals surface area contributed by atoms with Gasteiger partial charge in [-0.2, -0.15) is 0 Å². The molecule has 0 saturated carbocycles. The summed E-state index contributed by atoms with van der Waals surface area (Å²) in [6, 6.07) is 11.8. The van der Waals surface area contributed by atoms with E-state index < -0.39 is 4.92 Å². The zero-order chi connectivity index (χ0) is 17.0. The monoisotopic (exact) mass is 329 g/mol. The fourth-order valence-corrected chi connectivity index (χ4v) is 2.22. The summed E-state index contributed by atoms with van der Waals surface area (Å²) in [6.45, 7) is 3.64. The highest BCUT2D eigenvalue weighted by Gasteiger charge is 2.16. The predicted octanol–water partition coefficient (Wildman–Crippen LogP) is 3.34. The van der Waals surface area contributed by atoms with Crippen molar-refractivity contribution in [1.29, 1.82) is 0 Å². The van der Waals surface area contributed by atoms with Crippen molar-refractivity contribution >= 4 is 34.6 Å². The van der Waals surface area contributed by atoms with Crippen LogP contribution in [0.1, 0.15) is 21.5 Å². The SMILES string of the molecule is Cc1cccc(C(=O)NC(=S)Nc2ccc(C)cc2[N+](=O)[O-])c1. The minimum atomic E-state index is -0.500. The van der Waals surface area contributed by atoms with E-state index in [1.165, 1.54) is 6.07 Å². The van der Waals surface area contributed by atoms with Gasteiger partial charge in [0.1, 0.15) is 5.69 Å². The third kappa shape index (κ3) is 4.33. The number of nitro groups is 1. The molecular weight excluding hydrogens is 314 g/mol. The number of carbonyl (C=O) groups excluding carboxylic acids is 1. The predicted molar refractivity (Wildman–Crippen MR) is 92.7 cm³/mol. The number of rotatable bonds is 3. The van der Waals surface area contributed by atoms with Crippen molar-refractivity contribution in [2.75, 3.05) is 5.32 Å². The number of hydrogen-bond acceptors (Lipinski definition) is 4. The maximum absolute atomic E-state index is 12.1. The molecule has 0 saturated heterocycles. The molecule has 7 heteroatoms. The molecule has 23 heavy (non-hydrogen) atoms. The summed E-state index contributed by atoms with van der Waals surface area (Å²) in [7, 11) is 0. The fraction of sp³-hybridized carbons (Fsp3) is 0.125. The number of hydrogen-bond donors (Lipinski definition) is 2. The number of amides is 1. The number of nitro benzene ring substituents is 1. The number of aryl methyl sites for hydroxylation is 2. The van der Waals surface area contributed by atoms with Crippen LogP contribution in [0.25, 0.3) is 0 Å². The van der Waals surface area contributed by atoms with E-state index in [-0.39, 0.29) is 22.4 Å². The molecule has 0 aliphatic rings. The normalized spacial score (nSPS) is 10.0. The Morgan fingerprint density at radius 1 is 1.13 bits per heavy atom. The van der Waals surface area contributed by atoms with Gasteiger partial charge < -0.3 is 5.32 Å². The highest BCUT2D eigenvalue weighted by Crippen LogP contribution is 2.25. The summed E-state index contributed by atoms with van der Waals surface area (Å²) in [5.74, 6) is -0.374. The van der Waals surface area contributed by atoms with E-state index in [0.717, 1.165) is 11.1 Å². The van der Waals surface area contributed by atoms with Crippen LogP contribution < -0.4 is 10.6 Å². The molecule has 2 aromatic carbocycles. The zero-order valence-corrected chi connectivity index (χ0v) is 13.4. The molecule has 0 unspecified atom stereocenters. The quantitative estimate of drug-likeness (QED) is 0.512. The maximum atomic E-state index is 12.1. The molecule has 0 radical (unpaired) electrons. The lowest BCUT2D eigenvalue weighted by atomic mass is 10.1. The van der Waals surface area contributed by atoms with Gasteiger partial charge in [0.05, 0.1) is 4.92 Å². The minimum absolute atomic E-state index is 0.00320. The van der Waals surface area contributed by atoms with E-state index in [4.69, 9.17) is 12.2 Å². The molecule has 1 amide bonds. The lowest BCUT2D eigenvalue weighted by Gasteiger charge is -2.10. The Kier molecular flexibility index (Phi) is 5.02. The largest absolute Gasteiger partial charge is 0.327 e. The van der Waals surface area contributed by atoms with Crippen LogP contribution in [0.5, 0.6) is 0 Å². The summed E-state index contributed by atoms with van der Waals surface area (Å²) in [5.41, 5.74) is 2.31.